The minimum Gasteiger partial charge on any atom is -0.384 e. The Hall–Kier alpha value is -2.28. The molecule has 25 heavy (non-hydrogen) atoms. The molecule has 1 aliphatic heterocycles. The molecule has 126 valence electrons. The van der Waals surface area contributed by atoms with Crippen LogP contribution in [0.2, 0.25) is 0 Å². The van der Waals surface area contributed by atoms with E-state index in [0.29, 0.717) is 38.9 Å². The summed E-state index contributed by atoms with van der Waals surface area (Å²) in [5.41, 5.74) is 8.28. The van der Waals surface area contributed by atoms with Crippen LogP contribution in [-0.2, 0) is 4.79 Å². The summed E-state index contributed by atoms with van der Waals surface area (Å²) in [4.78, 5) is 15.5. The molecule has 1 unspecified atom stereocenters. The highest BCUT2D eigenvalue weighted by atomic mass is 32.1. The number of anilines is 1. The van der Waals surface area contributed by atoms with E-state index in [1.165, 1.54) is 22.7 Å². The van der Waals surface area contributed by atoms with Gasteiger partial charge in [0.1, 0.15) is 5.82 Å². The summed E-state index contributed by atoms with van der Waals surface area (Å²) in [6.07, 6.45) is 1.97. The van der Waals surface area contributed by atoms with Gasteiger partial charge in [-0.1, -0.05) is 17.4 Å². The average Bonchev–Trinajstić information content (AvgIpc) is 3.26. The number of Topliss-reactive ketones (excluding diaryl/α,β-unsaturated/α-hetero) is 1. The van der Waals surface area contributed by atoms with Crippen molar-refractivity contribution >= 4 is 45.8 Å². The molecule has 0 saturated carbocycles. The third kappa shape index (κ3) is 2.54. The van der Waals surface area contributed by atoms with Crippen molar-refractivity contribution in [2.75, 3.05) is 4.90 Å². The molecule has 1 aliphatic carbocycles. The normalized spacial score (nSPS) is 20.7. The van der Waals surface area contributed by atoms with Crippen molar-refractivity contribution < 1.29 is 4.79 Å². The fourth-order valence-electron chi connectivity index (χ4n) is 3.36. The van der Waals surface area contributed by atoms with Crippen molar-refractivity contribution in [2.24, 2.45) is 5.73 Å². The third-order valence-electron chi connectivity index (χ3n) is 4.36. The number of nitrogens with one attached hydrogen (secondary N) is 1. The first kappa shape index (κ1) is 16.2. The molecule has 2 aromatic heterocycles. The number of H-pyrrole nitrogens is 1. The van der Waals surface area contributed by atoms with Crippen molar-refractivity contribution in [3.63, 3.8) is 0 Å². The van der Waals surface area contributed by atoms with E-state index in [9.17, 15) is 10.1 Å². The summed E-state index contributed by atoms with van der Waals surface area (Å²) in [5, 5.41) is 19.2. The Bertz CT molecular complexity index is 1010. The molecule has 0 aromatic carbocycles. The zero-order valence-electron chi connectivity index (χ0n) is 13.0. The average molecular weight is 388 g/mol. The number of nitrogens with zero attached hydrogens (tertiary/aromatic N) is 3. The number of allylic oxidation sites excluding steroid dienone is 3. The number of rotatable bonds is 2. The van der Waals surface area contributed by atoms with Gasteiger partial charge in [-0.3, -0.25) is 14.8 Å². The van der Waals surface area contributed by atoms with E-state index in [4.69, 9.17) is 18.0 Å². The molecular formula is C16H13N5OS3. The van der Waals surface area contributed by atoms with Gasteiger partial charge in [0.05, 0.1) is 17.6 Å². The maximum atomic E-state index is 12.8. The lowest BCUT2D eigenvalue weighted by Gasteiger charge is -2.37. The number of ketones is 1. The number of hydrogen-bond acceptors (Lipinski definition) is 8. The molecule has 0 amide bonds. The highest BCUT2D eigenvalue weighted by Crippen LogP contribution is 2.47. The highest BCUT2D eigenvalue weighted by Gasteiger charge is 2.41. The number of nitrogens with two attached hydrogens (primary N) is 1. The Morgan fingerprint density at radius 2 is 2.32 bits per heavy atom. The Morgan fingerprint density at radius 3 is 2.96 bits per heavy atom. The molecule has 0 spiro atoms. The van der Waals surface area contributed by atoms with Gasteiger partial charge >= 0.3 is 0 Å². The third-order valence-corrected chi connectivity index (χ3v) is 6.37. The Labute approximate surface area is 156 Å². The van der Waals surface area contributed by atoms with E-state index in [1.54, 1.807) is 4.90 Å². The zero-order chi connectivity index (χ0) is 17.6. The first-order valence-electron chi connectivity index (χ1n) is 7.67. The van der Waals surface area contributed by atoms with Crippen LogP contribution in [0.3, 0.4) is 0 Å². The molecule has 9 heteroatoms. The van der Waals surface area contributed by atoms with Crippen molar-refractivity contribution in [3.8, 4) is 6.07 Å². The maximum absolute atomic E-state index is 12.8. The molecule has 0 radical (unpaired) electrons. The van der Waals surface area contributed by atoms with Gasteiger partial charge in [-0.25, -0.2) is 0 Å². The Kier molecular flexibility index (Phi) is 4.03. The number of carbonyl (C=O) groups is 1. The molecule has 0 saturated heterocycles. The quantitative estimate of drug-likeness (QED) is 0.765. The first-order valence-corrected chi connectivity index (χ1v) is 9.77. The van der Waals surface area contributed by atoms with Gasteiger partial charge in [-0.2, -0.15) is 5.26 Å². The van der Waals surface area contributed by atoms with Gasteiger partial charge < -0.3 is 5.73 Å². The molecule has 0 bridgehead atoms. The van der Waals surface area contributed by atoms with E-state index >= 15 is 0 Å². The molecule has 2 aromatic rings. The molecule has 1 atom stereocenters. The molecular weight excluding hydrogens is 374 g/mol. The maximum Gasteiger partial charge on any atom is 0.216 e. The number of hydrogen-bond donors (Lipinski definition) is 2. The van der Waals surface area contributed by atoms with Crippen LogP contribution in [0.25, 0.3) is 0 Å². The second-order valence-corrected chi connectivity index (χ2v) is 8.35. The minimum absolute atomic E-state index is 0.0732. The zero-order valence-corrected chi connectivity index (χ0v) is 15.4. The van der Waals surface area contributed by atoms with Crippen LogP contribution in [-0.4, -0.2) is 16.0 Å². The summed E-state index contributed by atoms with van der Waals surface area (Å²) in [7, 11) is 0. The Balaban J connectivity index is 1.99. The second kappa shape index (κ2) is 6.22. The standard InChI is InChI=1S/C16H13N5OS3/c17-7-8-12(11-5-2-6-24-11)13-9(3-1-4-10(13)22)21(14(8)18)15-19-20-16(23)25-15/h2,5-6,12H,1,3-4,18H2,(H,20,23). The van der Waals surface area contributed by atoms with Crippen LogP contribution in [0, 0.1) is 15.3 Å². The molecule has 3 N–H and O–H groups in total. The topological polar surface area (TPSA) is 98.8 Å². The number of aromatic nitrogens is 2. The van der Waals surface area contributed by atoms with Crippen molar-refractivity contribution in [1.82, 2.24) is 10.2 Å². The van der Waals surface area contributed by atoms with Crippen LogP contribution in [0.1, 0.15) is 30.1 Å². The SMILES string of the molecule is N#CC1=C(N)N(c2n[nH]c(=S)s2)C2=C(C(=O)CCC2)C1c1cccs1. The fourth-order valence-corrected chi connectivity index (χ4v) is 5.12. The lowest BCUT2D eigenvalue weighted by molar-refractivity contribution is -0.116. The van der Waals surface area contributed by atoms with E-state index in [-0.39, 0.29) is 5.78 Å². The molecule has 2 aliphatic rings. The van der Waals surface area contributed by atoms with Crippen molar-refractivity contribution in [2.45, 2.75) is 25.2 Å². The van der Waals surface area contributed by atoms with E-state index in [1.807, 2.05) is 17.5 Å². The van der Waals surface area contributed by atoms with Crippen LogP contribution in [0.4, 0.5) is 5.13 Å². The van der Waals surface area contributed by atoms with Gasteiger partial charge in [-0.05, 0) is 36.5 Å². The first-order chi connectivity index (χ1) is 12.1. The minimum atomic E-state index is -0.393. The van der Waals surface area contributed by atoms with E-state index in [2.05, 4.69) is 16.3 Å². The van der Waals surface area contributed by atoms with Crippen molar-refractivity contribution in [3.05, 3.63) is 49.0 Å². The predicted molar refractivity (Wildman–Crippen MR) is 99.5 cm³/mol. The largest absolute Gasteiger partial charge is 0.384 e. The summed E-state index contributed by atoms with van der Waals surface area (Å²) >= 11 is 7.93. The van der Waals surface area contributed by atoms with Gasteiger partial charge in [0.25, 0.3) is 0 Å². The molecule has 3 heterocycles. The number of nitriles is 1. The van der Waals surface area contributed by atoms with Crippen LogP contribution < -0.4 is 10.6 Å². The predicted octanol–water partition coefficient (Wildman–Crippen LogP) is 3.57. The number of carbonyl (C=O) groups excluding carboxylic acids is 1. The molecule has 0 fully saturated rings. The summed E-state index contributed by atoms with van der Waals surface area (Å²) < 4.78 is 0.519. The van der Waals surface area contributed by atoms with Gasteiger partial charge in [0.15, 0.2) is 9.74 Å². The van der Waals surface area contributed by atoms with Crippen LogP contribution in [0.5, 0.6) is 0 Å². The van der Waals surface area contributed by atoms with Gasteiger partial charge in [0.2, 0.25) is 5.13 Å². The van der Waals surface area contributed by atoms with Gasteiger partial charge in [-0.15, -0.1) is 16.4 Å². The number of thiophene rings is 1. The van der Waals surface area contributed by atoms with E-state index < -0.39 is 5.92 Å². The number of aromatic amines is 1. The van der Waals surface area contributed by atoms with E-state index in [0.717, 1.165) is 17.0 Å². The summed E-state index contributed by atoms with van der Waals surface area (Å²) in [6.45, 7) is 0. The lowest BCUT2D eigenvalue weighted by Crippen LogP contribution is -2.38. The van der Waals surface area contributed by atoms with Crippen LogP contribution in [0.15, 0.2) is 40.2 Å². The Morgan fingerprint density at radius 1 is 1.48 bits per heavy atom. The smallest absolute Gasteiger partial charge is 0.216 e. The van der Waals surface area contributed by atoms with Crippen molar-refractivity contribution in [1.29, 1.82) is 5.26 Å². The fraction of sp³-hybridized carbons (Fsp3) is 0.250. The highest BCUT2D eigenvalue weighted by molar-refractivity contribution is 7.73. The van der Waals surface area contributed by atoms with Crippen LogP contribution >= 0.6 is 34.9 Å². The molecule has 4 rings (SSSR count). The second-order valence-electron chi connectivity index (χ2n) is 5.73. The van der Waals surface area contributed by atoms with Gasteiger partial charge in [0, 0.05) is 22.6 Å². The monoisotopic (exact) mass is 387 g/mol. The lowest BCUT2D eigenvalue weighted by atomic mass is 9.78. The summed E-state index contributed by atoms with van der Waals surface area (Å²) in [6, 6.07) is 6.09. The molecule has 6 nitrogen and oxygen atoms in total. The summed E-state index contributed by atoms with van der Waals surface area (Å²) in [5.74, 6) is 0.00657.